The van der Waals surface area contributed by atoms with Crippen LogP contribution in [0, 0.1) is 5.82 Å². The molecule has 0 bridgehead atoms. The van der Waals surface area contributed by atoms with Crippen molar-refractivity contribution in [3.05, 3.63) is 59.4 Å². The van der Waals surface area contributed by atoms with Crippen molar-refractivity contribution in [2.24, 2.45) is 0 Å². The summed E-state index contributed by atoms with van der Waals surface area (Å²) in [7, 11) is 0. The van der Waals surface area contributed by atoms with Crippen molar-refractivity contribution >= 4 is 0 Å². The lowest BCUT2D eigenvalue weighted by Crippen LogP contribution is -1.85. The summed E-state index contributed by atoms with van der Waals surface area (Å²) in [5, 5.41) is 0. The molecule has 0 aliphatic rings. The highest BCUT2D eigenvalue weighted by Crippen LogP contribution is 2.09. The van der Waals surface area contributed by atoms with Crippen LogP contribution in [0.3, 0.4) is 0 Å². The van der Waals surface area contributed by atoms with E-state index in [2.05, 4.69) is 32.1 Å². The van der Waals surface area contributed by atoms with Crippen LogP contribution in [-0.4, -0.2) is 0 Å². The van der Waals surface area contributed by atoms with E-state index in [0.717, 1.165) is 24.8 Å². The predicted molar refractivity (Wildman–Crippen MR) is 72.5 cm³/mol. The normalized spacial score (nSPS) is 12.3. The average molecular weight is 232 g/mol. The summed E-state index contributed by atoms with van der Waals surface area (Å²) in [5.74, 6) is -0.147. The Labute approximate surface area is 104 Å². The number of rotatable bonds is 6. The minimum absolute atomic E-state index is 0.147. The van der Waals surface area contributed by atoms with Crippen LogP contribution in [0.2, 0.25) is 0 Å². The van der Waals surface area contributed by atoms with Gasteiger partial charge in [0.2, 0.25) is 0 Å². The predicted octanol–water partition coefficient (Wildman–Crippen LogP) is 5.06. The van der Waals surface area contributed by atoms with Gasteiger partial charge in [-0.2, -0.15) is 0 Å². The second kappa shape index (κ2) is 7.83. The first-order valence-corrected chi connectivity index (χ1v) is 6.32. The van der Waals surface area contributed by atoms with Gasteiger partial charge in [0.1, 0.15) is 5.82 Å². The molecule has 0 saturated heterocycles. The highest BCUT2D eigenvalue weighted by molar-refractivity contribution is 5.20. The van der Waals surface area contributed by atoms with Gasteiger partial charge in [0.15, 0.2) is 0 Å². The second-order valence-corrected chi connectivity index (χ2v) is 4.18. The Balaban J connectivity index is 2.39. The van der Waals surface area contributed by atoms with Gasteiger partial charge < -0.3 is 0 Å². The van der Waals surface area contributed by atoms with E-state index in [4.69, 9.17) is 0 Å². The molecule has 17 heavy (non-hydrogen) atoms. The molecule has 1 rings (SSSR count). The van der Waals surface area contributed by atoms with E-state index in [9.17, 15) is 4.39 Å². The molecule has 0 unspecified atom stereocenters. The monoisotopic (exact) mass is 232 g/mol. The molecule has 0 radical (unpaired) electrons. The zero-order valence-corrected chi connectivity index (χ0v) is 10.7. The van der Waals surface area contributed by atoms with E-state index in [0.29, 0.717) is 0 Å². The van der Waals surface area contributed by atoms with E-state index in [-0.39, 0.29) is 5.82 Å². The zero-order chi connectivity index (χ0) is 12.5. The molecule has 0 aliphatic heterocycles. The average Bonchev–Trinajstić information content (AvgIpc) is 2.33. The van der Waals surface area contributed by atoms with Crippen LogP contribution >= 0.6 is 0 Å². The molecule has 0 spiro atoms. The van der Waals surface area contributed by atoms with Crippen molar-refractivity contribution in [2.45, 2.75) is 39.5 Å². The first-order valence-electron chi connectivity index (χ1n) is 6.32. The Bertz CT molecular complexity index is 388. The molecule has 0 heterocycles. The topological polar surface area (TPSA) is 0 Å². The first-order chi connectivity index (χ1) is 8.26. The summed E-state index contributed by atoms with van der Waals surface area (Å²) in [4.78, 5) is 0. The van der Waals surface area contributed by atoms with Crippen LogP contribution in [0.1, 0.15) is 38.7 Å². The maximum Gasteiger partial charge on any atom is 0.123 e. The molecule has 0 aromatic heterocycles. The molecule has 0 fully saturated rings. The third-order valence-corrected chi connectivity index (χ3v) is 2.73. The molecule has 0 amide bonds. The van der Waals surface area contributed by atoms with Gasteiger partial charge in [0.25, 0.3) is 0 Å². The van der Waals surface area contributed by atoms with Crippen molar-refractivity contribution < 1.29 is 4.39 Å². The summed E-state index contributed by atoms with van der Waals surface area (Å²) >= 11 is 0. The zero-order valence-electron chi connectivity index (χ0n) is 10.7. The van der Waals surface area contributed by atoms with Crippen LogP contribution in [0.25, 0.3) is 0 Å². The van der Waals surface area contributed by atoms with Gasteiger partial charge in [-0.15, -0.1) is 0 Å². The van der Waals surface area contributed by atoms with Crippen LogP contribution < -0.4 is 0 Å². The Morgan fingerprint density at radius 2 is 2.18 bits per heavy atom. The van der Waals surface area contributed by atoms with Gasteiger partial charge >= 0.3 is 0 Å². The minimum atomic E-state index is -0.147. The Morgan fingerprint density at radius 1 is 1.35 bits per heavy atom. The molecule has 0 atom stereocenters. The smallest absolute Gasteiger partial charge is 0.123 e. The summed E-state index contributed by atoms with van der Waals surface area (Å²) in [5.41, 5.74) is 2.44. The minimum Gasteiger partial charge on any atom is -0.207 e. The van der Waals surface area contributed by atoms with Crippen molar-refractivity contribution in [3.8, 4) is 0 Å². The number of hydrogen-bond donors (Lipinski definition) is 0. The Kier molecular flexibility index (Phi) is 6.31. The lowest BCUT2D eigenvalue weighted by Gasteiger charge is -1.99. The van der Waals surface area contributed by atoms with Crippen molar-refractivity contribution in [2.75, 3.05) is 0 Å². The van der Waals surface area contributed by atoms with Gasteiger partial charge in [0.05, 0.1) is 0 Å². The van der Waals surface area contributed by atoms with Gasteiger partial charge in [-0.05, 0) is 43.9 Å². The summed E-state index contributed by atoms with van der Waals surface area (Å²) < 4.78 is 12.9. The molecular weight excluding hydrogens is 211 g/mol. The summed E-state index contributed by atoms with van der Waals surface area (Å²) in [6, 6.07) is 6.83. The largest absolute Gasteiger partial charge is 0.207 e. The third-order valence-electron chi connectivity index (χ3n) is 2.73. The fraction of sp³-hybridized carbons (Fsp3) is 0.375. The first kappa shape index (κ1) is 13.7. The van der Waals surface area contributed by atoms with Gasteiger partial charge in [0, 0.05) is 0 Å². The summed E-state index contributed by atoms with van der Waals surface area (Å²) in [6.45, 7) is 4.26. The van der Waals surface area contributed by atoms with Crippen LogP contribution in [-0.2, 0) is 6.42 Å². The number of benzene rings is 1. The van der Waals surface area contributed by atoms with Gasteiger partial charge in [-0.1, -0.05) is 49.3 Å². The van der Waals surface area contributed by atoms with Gasteiger partial charge in [-0.25, -0.2) is 4.39 Å². The van der Waals surface area contributed by atoms with Crippen LogP contribution in [0.4, 0.5) is 4.39 Å². The molecular formula is C16H21F. The van der Waals surface area contributed by atoms with Crippen molar-refractivity contribution in [1.29, 1.82) is 0 Å². The van der Waals surface area contributed by atoms with E-state index in [1.165, 1.54) is 18.1 Å². The van der Waals surface area contributed by atoms with E-state index in [1.54, 1.807) is 12.1 Å². The molecule has 0 aliphatic carbocycles. The Morgan fingerprint density at radius 3 is 2.82 bits per heavy atom. The van der Waals surface area contributed by atoms with Gasteiger partial charge in [-0.3, -0.25) is 0 Å². The molecule has 0 saturated carbocycles. The Hall–Kier alpha value is -1.37. The number of hydrogen-bond acceptors (Lipinski definition) is 0. The molecule has 92 valence electrons. The van der Waals surface area contributed by atoms with Crippen LogP contribution in [0.5, 0.6) is 0 Å². The maximum atomic E-state index is 12.9. The van der Waals surface area contributed by atoms with E-state index in [1.807, 2.05) is 6.07 Å². The highest BCUT2D eigenvalue weighted by atomic mass is 19.1. The number of aryl methyl sites for hydroxylation is 1. The van der Waals surface area contributed by atoms with Crippen LogP contribution in [0.15, 0.2) is 48.1 Å². The lowest BCUT2D eigenvalue weighted by atomic mass is 10.1. The lowest BCUT2D eigenvalue weighted by molar-refractivity contribution is 0.625. The fourth-order valence-electron chi connectivity index (χ4n) is 1.79. The highest BCUT2D eigenvalue weighted by Gasteiger charge is 1.94. The van der Waals surface area contributed by atoms with Crippen molar-refractivity contribution in [1.82, 2.24) is 0 Å². The molecule has 1 aromatic rings. The van der Waals surface area contributed by atoms with E-state index >= 15 is 0 Å². The SMILES string of the molecule is C/C=C(\C=C/CCc1cccc(F)c1)CCC. The summed E-state index contributed by atoms with van der Waals surface area (Å²) in [6.07, 6.45) is 10.7. The maximum absolute atomic E-state index is 12.9. The van der Waals surface area contributed by atoms with Crippen molar-refractivity contribution in [3.63, 3.8) is 0 Å². The molecule has 0 nitrogen and oxygen atoms in total. The molecule has 1 heteroatoms. The molecule has 0 N–H and O–H groups in total. The van der Waals surface area contributed by atoms with E-state index < -0.39 is 0 Å². The molecule has 1 aromatic carbocycles. The third kappa shape index (κ3) is 5.48. The number of allylic oxidation sites excluding steroid dienone is 4. The number of halogens is 1. The fourth-order valence-corrected chi connectivity index (χ4v) is 1.79. The quantitative estimate of drug-likeness (QED) is 0.601. The standard InChI is InChI=1S/C16H21F/c1-3-8-14(4-2)9-5-6-10-15-11-7-12-16(17)13-15/h4-5,7,9,11-13H,3,6,8,10H2,1-2H3/b9-5-,14-4-. The second-order valence-electron chi connectivity index (χ2n) is 4.18.